The van der Waals surface area contributed by atoms with E-state index in [4.69, 9.17) is 0 Å². The van der Waals surface area contributed by atoms with Crippen LogP contribution in [0.3, 0.4) is 0 Å². The monoisotopic (exact) mass is 271 g/mol. The van der Waals surface area contributed by atoms with Crippen LogP contribution in [0.1, 0.15) is 16.7 Å². The van der Waals surface area contributed by atoms with Gasteiger partial charge in [0.2, 0.25) is 0 Å². The maximum Gasteiger partial charge on any atom is 0.136 e. The second kappa shape index (κ2) is 5.19. The Morgan fingerprint density at radius 1 is 1.32 bits per heavy atom. The molecule has 0 fully saturated rings. The number of rotatable bonds is 4. The molecular formula is C13H13N5S. The minimum atomic E-state index is 0.00556. The molecule has 19 heavy (non-hydrogen) atoms. The molecule has 96 valence electrons. The highest BCUT2D eigenvalue weighted by atomic mass is 32.1. The maximum atomic E-state index is 4.43. The maximum absolute atomic E-state index is 4.43. The third-order valence-corrected chi connectivity index (χ3v) is 3.75. The lowest BCUT2D eigenvalue weighted by Gasteiger charge is -2.18. The van der Waals surface area contributed by atoms with Crippen molar-refractivity contribution in [3.63, 3.8) is 0 Å². The molecule has 0 saturated heterocycles. The van der Waals surface area contributed by atoms with E-state index in [2.05, 4.69) is 31.7 Å². The summed E-state index contributed by atoms with van der Waals surface area (Å²) in [4.78, 5) is 13.7. The summed E-state index contributed by atoms with van der Waals surface area (Å²) in [7, 11) is 1.99. The number of nitrogens with zero attached hydrogens (tertiary/aromatic N) is 4. The Hall–Kier alpha value is -2.21. The van der Waals surface area contributed by atoms with Gasteiger partial charge in [0.1, 0.15) is 18.2 Å². The Morgan fingerprint density at radius 2 is 2.16 bits per heavy atom. The summed E-state index contributed by atoms with van der Waals surface area (Å²) in [6, 6.07) is 4.14. The van der Waals surface area contributed by atoms with Gasteiger partial charge in [-0.2, -0.15) is 0 Å². The minimum Gasteiger partial charge on any atom is -0.368 e. The molecule has 0 aliphatic rings. The van der Waals surface area contributed by atoms with Crippen molar-refractivity contribution in [2.24, 2.45) is 7.05 Å². The molecule has 3 aromatic heterocycles. The number of hydrogen-bond acceptors (Lipinski definition) is 5. The molecule has 1 unspecified atom stereocenters. The van der Waals surface area contributed by atoms with Gasteiger partial charge in [0.15, 0.2) is 0 Å². The van der Waals surface area contributed by atoms with Crippen LogP contribution in [-0.4, -0.2) is 19.5 Å². The second-order valence-electron chi connectivity index (χ2n) is 4.12. The smallest absolute Gasteiger partial charge is 0.136 e. The molecule has 0 amide bonds. The molecule has 3 heterocycles. The van der Waals surface area contributed by atoms with E-state index in [1.807, 2.05) is 23.9 Å². The molecular weight excluding hydrogens is 258 g/mol. The van der Waals surface area contributed by atoms with Crippen molar-refractivity contribution in [3.8, 4) is 0 Å². The zero-order valence-corrected chi connectivity index (χ0v) is 11.2. The molecule has 5 nitrogen and oxygen atoms in total. The van der Waals surface area contributed by atoms with Crippen LogP contribution in [0.15, 0.2) is 48.6 Å². The first-order valence-corrected chi connectivity index (χ1v) is 6.75. The topological polar surface area (TPSA) is 55.6 Å². The second-order valence-corrected chi connectivity index (χ2v) is 5.10. The van der Waals surface area contributed by atoms with Crippen LogP contribution in [0.25, 0.3) is 0 Å². The summed E-state index contributed by atoms with van der Waals surface area (Å²) < 4.78 is 2.02. The Bertz CT molecular complexity index is 632. The molecule has 1 atom stereocenters. The van der Waals surface area contributed by atoms with Gasteiger partial charge in [-0.05, 0) is 11.4 Å². The summed E-state index contributed by atoms with van der Waals surface area (Å²) in [6.45, 7) is 0. The number of anilines is 1. The predicted molar refractivity (Wildman–Crippen MR) is 75.0 cm³/mol. The van der Waals surface area contributed by atoms with Crippen LogP contribution in [0, 0.1) is 0 Å². The lowest BCUT2D eigenvalue weighted by atomic mass is 10.2. The number of aryl methyl sites for hydroxylation is 1. The summed E-state index contributed by atoms with van der Waals surface area (Å²) in [5.41, 5.74) is 0.879. The van der Waals surface area contributed by atoms with E-state index in [0.29, 0.717) is 0 Å². The SMILES string of the molecule is Cn1ccnc1C(Nc1cncnc1)c1cccs1. The third-order valence-electron chi connectivity index (χ3n) is 2.82. The summed E-state index contributed by atoms with van der Waals surface area (Å²) >= 11 is 1.70. The largest absolute Gasteiger partial charge is 0.368 e. The quantitative estimate of drug-likeness (QED) is 0.792. The van der Waals surface area contributed by atoms with Gasteiger partial charge < -0.3 is 9.88 Å². The van der Waals surface area contributed by atoms with Crippen molar-refractivity contribution in [1.29, 1.82) is 0 Å². The molecule has 3 aromatic rings. The molecule has 0 aromatic carbocycles. The van der Waals surface area contributed by atoms with E-state index in [-0.39, 0.29) is 6.04 Å². The molecule has 0 aliphatic heterocycles. The van der Waals surface area contributed by atoms with Crippen LogP contribution in [0.5, 0.6) is 0 Å². The average molecular weight is 271 g/mol. The fourth-order valence-corrected chi connectivity index (χ4v) is 2.69. The molecule has 3 rings (SSSR count). The van der Waals surface area contributed by atoms with E-state index >= 15 is 0 Å². The summed E-state index contributed by atoms with van der Waals surface area (Å²) in [5.74, 6) is 0.964. The fourth-order valence-electron chi connectivity index (χ4n) is 1.91. The first kappa shape index (κ1) is 11.9. The van der Waals surface area contributed by atoms with Crippen molar-refractivity contribution in [3.05, 3.63) is 59.3 Å². The molecule has 0 bridgehead atoms. The van der Waals surface area contributed by atoms with Crippen LogP contribution in [-0.2, 0) is 7.05 Å². The predicted octanol–water partition coefficient (Wildman–Crippen LogP) is 2.47. The van der Waals surface area contributed by atoms with Gasteiger partial charge in [0.25, 0.3) is 0 Å². The van der Waals surface area contributed by atoms with Crippen LogP contribution >= 0.6 is 11.3 Å². The zero-order valence-electron chi connectivity index (χ0n) is 10.4. The highest BCUT2D eigenvalue weighted by molar-refractivity contribution is 7.10. The first-order valence-electron chi connectivity index (χ1n) is 5.87. The standard InChI is InChI=1S/C13H13N5S/c1-18-5-4-16-13(18)12(11-3-2-6-19-11)17-10-7-14-9-15-8-10/h2-9,12,17H,1H3. The lowest BCUT2D eigenvalue weighted by Crippen LogP contribution is -2.15. The fraction of sp³-hybridized carbons (Fsp3) is 0.154. The highest BCUT2D eigenvalue weighted by Crippen LogP contribution is 2.28. The number of aromatic nitrogens is 4. The number of hydrogen-bond donors (Lipinski definition) is 1. The molecule has 0 aliphatic carbocycles. The molecule has 1 N–H and O–H groups in total. The van der Waals surface area contributed by atoms with Gasteiger partial charge >= 0.3 is 0 Å². The van der Waals surface area contributed by atoms with Crippen LogP contribution in [0.2, 0.25) is 0 Å². The van der Waals surface area contributed by atoms with Crippen molar-refractivity contribution >= 4 is 17.0 Å². The number of imidazole rings is 1. The van der Waals surface area contributed by atoms with E-state index in [0.717, 1.165) is 11.5 Å². The van der Waals surface area contributed by atoms with E-state index < -0.39 is 0 Å². The Balaban J connectivity index is 1.96. The zero-order chi connectivity index (χ0) is 13.1. The Kier molecular flexibility index (Phi) is 3.24. The average Bonchev–Trinajstić information content (AvgIpc) is 3.09. The third kappa shape index (κ3) is 2.48. The molecule has 0 spiro atoms. The van der Waals surface area contributed by atoms with E-state index in [1.165, 1.54) is 11.2 Å². The number of nitrogens with one attached hydrogen (secondary N) is 1. The van der Waals surface area contributed by atoms with Gasteiger partial charge in [-0.25, -0.2) is 15.0 Å². The van der Waals surface area contributed by atoms with E-state index in [9.17, 15) is 0 Å². The van der Waals surface area contributed by atoms with Gasteiger partial charge in [-0.1, -0.05) is 6.07 Å². The van der Waals surface area contributed by atoms with Gasteiger partial charge in [-0.15, -0.1) is 11.3 Å². The summed E-state index contributed by atoms with van der Waals surface area (Å²) in [5, 5.41) is 5.49. The van der Waals surface area contributed by atoms with Gasteiger partial charge in [-0.3, -0.25) is 0 Å². The Morgan fingerprint density at radius 3 is 2.79 bits per heavy atom. The van der Waals surface area contributed by atoms with Crippen molar-refractivity contribution in [1.82, 2.24) is 19.5 Å². The van der Waals surface area contributed by atoms with Crippen molar-refractivity contribution < 1.29 is 0 Å². The van der Waals surface area contributed by atoms with Crippen LogP contribution in [0.4, 0.5) is 5.69 Å². The summed E-state index contributed by atoms with van der Waals surface area (Å²) in [6.07, 6.45) is 8.79. The van der Waals surface area contributed by atoms with Crippen molar-refractivity contribution in [2.45, 2.75) is 6.04 Å². The molecule has 6 heteroatoms. The van der Waals surface area contributed by atoms with Crippen LogP contribution < -0.4 is 5.32 Å². The van der Waals surface area contributed by atoms with Crippen molar-refractivity contribution in [2.75, 3.05) is 5.32 Å². The Labute approximate surface area is 115 Å². The lowest BCUT2D eigenvalue weighted by molar-refractivity contribution is 0.755. The van der Waals surface area contributed by atoms with Gasteiger partial charge in [0.05, 0.1) is 18.1 Å². The van der Waals surface area contributed by atoms with Gasteiger partial charge in [0, 0.05) is 24.3 Å². The normalized spacial score (nSPS) is 12.3. The number of thiophene rings is 1. The first-order chi connectivity index (χ1) is 9.34. The van der Waals surface area contributed by atoms with E-state index in [1.54, 1.807) is 29.9 Å². The molecule has 0 saturated carbocycles. The minimum absolute atomic E-state index is 0.00556. The highest BCUT2D eigenvalue weighted by Gasteiger charge is 2.19. The molecule has 0 radical (unpaired) electrons.